The van der Waals surface area contributed by atoms with Crippen molar-refractivity contribution < 1.29 is 9.90 Å². The summed E-state index contributed by atoms with van der Waals surface area (Å²) in [6, 6.07) is 19.5. The van der Waals surface area contributed by atoms with Gasteiger partial charge in [0.1, 0.15) is 5.75 Å². The molecule has 0 aliphatic rings. The zero-order chi connectivity index (χ0) is 19.4. The van der Waals surface area contributed by atoms with E-state index in [1.807, 2.05) is 49.4 Å². The van der Waals surface area contributed by atoms with Gasteiger partial charge in [-0.05, 0) is 40.3 Å². The van der Waals surface area contributed by atoms with Gasteiger partial charge in [-0.3, -0.25) is 4.79 Å². The van der Waals surface area contributed by atoms with Gasteiger partial charge < -0.3 is 10.4 Å². The molecule has 27 heavy (non-hydrogen) atoms. The minimum Gasteiger partial charge on any atom is -0.508 e. The second kappa shape index (κ2) is 8.26. The van der Waals surface area contributed by atoms with Crippen molar-refractivity contribution >= 4 is 16.7 Å². The molecule has 0 radical (unpaired) electrons. The standard InChI is InChI=1S/C24H27NO2/c1-4-7-22(27)25-24(19-12-10-17(11-13-19)16(2)3)23-20-9-6-5-8-18(20)14-15-21(23)26/h5-6,8-16,24,26H,4,7H2,1-3H3,(H,25,27). The Balaban J connectivity index is 2.13. The Morgan fingerprint density at radius 1 is 0.963 bits per heavy atom. The Bertz CT molecular complexity index is 929. The van der Waals surface area contributed by atoms with Gasteiger partial charge in [0.05, 0.1) is 6.04 Å². The molecule has 0 heterocycles. The molecule has 3 nitrogen and oxygen atoms in total. The first-order valence-corrected chi connectivity index (χ1v) is 9.61. The molecule has 3 aromatic carbocycles. The fourth-order valence-corrected chi connectivity index (χ4v) is 3.44. The number of carbonyl (C=O) groups is 1. The molecule has 1 atom stereocenters. The fraction of sp³-hybridized carbons (Fsp3) is 0.292. The molecular formula is C24H27NO2. The highest BCUT2D eigenvalue weighted by Crippen LogP contribution is 2.36. The highest BCUT2D eigenvalue weighted by molar-refractivity contribution is 5.89. The lowest BCUT2D eigenvalue weighted by atomic mass is 9.91. The molecule has 0 fully saturated rings. The number of aromatic hydroxyl groups is 1. The van der Waals surface area contributed by atoms with Crippen molar-refractivity contribution in [1.82, 2.24) is 5.32 Å². The van der Waals surface area contributed by atoms with Crippen molar-refractivity contribution in [2.45, 2.75) is 45.6 Å². The SMILES string of the molecule is CCCC(=O)NC(c1ccc(C(C)C)cc1)c1c(O)ccc2ccccc12. The molecule has 3 aromatic rings. The second-order valence-electron chi connectivity index (χ2n) is 7.29. The summed E-state index contributed by atoms with van der Waals surface area (Å²) in [5.41, 5.74) is 2.96. The number of amides is 1. The van der Waals surface area contributed by atoms with Crippen molar-refractivity contribution in [1.29, 1.82) is 0 Å². The summed E-state index contributed by atoms with van der Waals surface area (Å²) in [5.74, 6) is 0.629. The maximum Gasteiger partial charge on any atom is 0.220 e. The van der Waals surface area contributed by atoms with Crippen molar-refractivity contribution in [3.05, 3.63) is 77.4 Å². The number of rotatable bonds is 6. The quantitative estimate of drug-likeness (QED) is 0.594. The third-order valence-corrected chi connectivity index (χ3v) is 4.96. The van der Waals surface area contributed by atoms with Crippen molar-refractivity contribution in [3.8, 4) is 5.75 Å². The molecule has 0 saturated carbocycles. The van der Waals surface area contributed by atoms with Gasteiger partial charge in [-0.25, -0.2) is 0 Å². The highest BCUT2D eigenvalue weighted by atomic mass is 16.3. The van der Waals surface area contributed by atoms with Crippen molar-refractivity contribution in [2.24, 2.45) is 0 Å². The summed E-state index contributed by atoms with van der Waals surface area (Å²) < 4.78 is 0. The largest absolute Gasteiger partial charge is 0.508 e. The summed E-state index contributed by atoms with van der Waals surface area (Å²) in [7, 11) is 0. The van der Waals surface area contributed by atoms with E-state index in [2.05, 4.69) is 31.3 Å². The minimum atomic E-state index is -0.392. The number of carbonyl (C=O) groups excluding carboxylic acids is 1. The predicted molar refractivity (Wildman–Crippen MR) is 111 cm³/mol. The average Bonchev–Trinajstić information content (AvgIpc) is 2.67. The van der Waals surface area contributed by atoms with Crippen LogP contribution in [0.2, 0.25) is 0 Å². The monoisotopic (exact) mass is 361 g/mol. The minimum absolute atomic E-state index is 0.0113. The lowest BCUT2D eigenvalue weighted by Gasteiger charge is -2.23. The maximum atomic E-state index is 12.4. The average molecular weight is 361 g/mol. The van der Waals surface area contributed by atoms with E-state index >= 15 is 0 Å². The van der Waals surface area contributed by atoms with Crippen LogP contribution in [-0.4, -0.2) is 11.0 Å². The Labute approximate surface area is 161 Å². The molecule has 3 rings (SSSR count). The number of fused-ring (bicyclic) bond motifs is 1. The zero-order valence-corrected chi connectivity index (χ0v) is 16.2. The van der Waals surface area contributed by atoms with E-state index in [9.17, 15) is 9.90 Å². The van der Waals surface area contributed by atoms with E-state index in [-0.39, 0.29) is 11.7 Å². The number of phenolic OH excluding ortho intramolecular Hbond substituents is 1. The van der Waals surface area contributed by atoms with Crippen molar-refractivity contribution in [2.75, 3.05) is 0 Å². The van der Waals surface area contributed by atoms with Gasteiger partial charge in [-0.15, -0.1) is 0 Å². The van der Waals surface area contributed by atoms with Crippen LogP contribution in [0.3, 0.4) is 0 Å². The molecule has 1 unspecified atom stereocenters. The van der Waals surface area contributed by atoms with E-state index in [0.29, 0.717) is 12.3 Å². The van der Waals surface area contributed by atoms with Gasteiger partial charge in [-0.2, -0.15) is 0 Å². The van der Waals surface area contributed by atoms with Crippen LogP contribution in [-0.2, 0) is 4.79 Å². The van der Waals surface area contributed by atoms with Crippen LogP contribution in [0.4, 0.5) is 0 Å². The van der Waals surface area contributed by atoms with E-state index < -0.39 is 6.04 Å². The van der Waals surface area contributed by atoms with Crippen molar-refractivity contribution in [3.63, 3.8) is 0 Å². The lowest BCUT2D eigenvalue weighted by molar-refractivity contribution is -0.121. The summed E-state index contributed by atoms with van der Waals surface area (Å²) in [5, 5.41) is 15.8. The fourth-order valence-electron chi connectivity index (χ4n) is 3.44. The number of hydrogen-bond donors (Lipinski definition) is 2. The molecule has 0 aromatic heterocycles. The second-order valence-corrected chi connectivity index (χ2v) is 7.29. The van der Waals surface area contributed by atoms with Crippen LogP contribution in [0.25, 0.3) is 10.8 Å². The number of phenols is 1. The summed E-state index contributed by atoms with van der Waals surface area (Å²) >= 11 is 0. The zero-order valence-electron chi connectivity index (χ0n) is 16.2. The lowest BCUT2D eigenvalue weighted by Crippen LogP contribution is -2.29. The first-order valence-electron chi connectivity index (χ1n) is 9.61. The van der Waals surface area contributed by atoms with Gasteiger partial charge in [-0.1, -0.05) is 75.4 Å². The van der Waals surface area contributed by atoms with Gasteiger partial charge >= 0.3 is 0 Å². The summed E-state index contributed by atoms with van der Waals surface area (Å²) in [6.07, 6.45) is 1.25. The van der Waals surface area contributed by atoms with E-state index in [1.165, 1.54) is 5.56 Å². The van der Waals surface area contributed by atoms with Crippen LogP contribution in [0.15, 0.2) is 60.7 Å². The molecular weight excluding hydrogens is 334 g/mol. The number of benzene rings is 3. The van der Waals surface area contributed by atoms with Crippen LogP contribution in [0, 0.1) is 0 Å². The third-order valence-electron chi connectivity index (χ3n) is 4.96. The third kappa shape index (κ3) is 4.13. The number of hydrogen-bond acceptors (Lipinski definition) is 2. The molecule has 1 amide bonds. The van der Waals surface area contributed by atoms with Crippen LogP contribution >= 0.6 is 0 Å². The van der Waals surface area contributed by atoms with E-state index in [0.717, 1.165) is 28.3 Å². The van der Waals surface area contributed by atoms with Gasteiger partial charge in [0.15, 0.2) is 0 Å². The van der Waals surface area contributed by atoms with E-state index in [1.54, 1.807) is 6.07 Å². The Kier molecular flexibility index (Phi) is 5.80. The van der Waals surface area contributed by atoms with Crippen LogP contribution in [0.5, 0.6) is 5.75 Å². The van der Waals surface area contributed by atoms with E-state index in [4.69, 9.17) is 0 Å². The molecule has 0 aliphatic heterocycles. The van der Waals surface area contributed by atoms with Crippen LogP contribution in [0.1, 0.15) is 62.3 Å². The maximum absolute atomic E-state index is 12.4. The molecule has 0 bridgehead atoms. The molecule has 0 saturated heterocycles. The van der Waals surface area contributed by atoms with Gasteiger partial charge in [0.25, 0.3) is 0 Å². The number of nitrogens with one attached hydrogen (secondary N) is 1. The molecule has 0 spiro atoms. The van der Waals surface area contributed by atoms with Gasteiger partial charge in [0, 0.05) is 12.0 Å². The Morgan fingerprint density at radius 3 is 2.30 bits per heavy atom. The normalized spacial score (nSPS) is 12.3. The highest BCUT2D eigenvalue weighted by Gasteiger charge is 2.22. The Hall–Kier alpha value is -2.81. The Morgan fingerprint density at radius 2 is 1.63 bits per heavy atom. The van der Waals surface area contributed by atoms with Crippen LogP contribution < -0.4 is 5.32 Å². The molecule has 2 N–H and O–H groups in total. The molecule has 140 valence electrons. The first kappa shape index (κ1) is 19.0. The summed E-state index contributed by atoms with van der Waals surface area (Å²) in [4.78, 5) is 12.4. The predicted octanol–water partition coefficient (Wildman–Crippen LogP) is 5.67. The summed E-state index contributed by atoms with van der Waals surface area (Å²) in [6.45, 7) is 6.31. The van der Waals surface area contributed by atoms with Gasteiger partial charge in [0.2, 0.25) is 5.91 Å². The first-order chi connectivity index (χ1) is 13.0. The topological polar surface area (TPSA) is 49.3 Å². The molecule has 0 aliphatic carbocycles. The molecule has 3 heteroatoms. The smallest absolute Gasteiger partial charge is 0.220 e.